The number of nitrogen functional groups attached to an aromatic ring is 1. The summed E-state index contributed by atoms with van der Waals surface area (Å²) in [4.78, 5) is 11.4. The lowest BCUT2D eigenvalue weighted by atomic mass is 10.2. The first-order valence-corrected chi connectivity index (χ1v) is 8.26. The van der Waals surface area contributed by atoms with Crippen LogP contribution in [0.15, 0.2) is 56.7 Å². The maximum absolute atomic E-state index is 12.5. The van der Waals surface area contributed by atoms with E-state index < -0.39 is 9.84 Å². The van der Waals surface area contributed by atoms with Crippen molar-refractivity contribution >= 4 is 43.0 Å². The molecular formula is C14H13BrN2O3S. The molecule has 0 radical (unpaired) electrons. The molecule has 0 heterocycles. The van der Waals surface area contributed by atoms with Crippen LogP contribution in [0.1, 0.15) is 6.92 Å². The normalized spacial score (nSPS) is 11.1. The number of nitrogens with two attached hydrogens (primary N) is 1. The van der Waals surface area contributed by atoms with E-state index in [1.165, 1.54) is 37.3 Å². The maximum atomic E-state index is 12.5. The molecule has 7 heteroatoms. The van der Waals surface area contributed by atoms with Gasteiger partial charge in [-0.1, -0.05) is 15.9 Å². The molecule has 0 fully saturated rings. The van der Waals surface area contributed by atoms with E-state index in [2.05, 4.69) is 21.2 Å². The molecule has 0 aliphatic heterocycles. The highest BCUT2D eigenvalue weighted by molar-refractivity contribution is 9.10. The quantitative estimate of drug-likeness (QED) is 0.815. The van der Waals surface area contributed by atoms with Crippen molar-refractivity contribution in [1.29, 1.82) is 0 Å². The lowest BCUT2D eigenvalue weighted by Gasteiger charge is -2.10. The van der Waals surface area contributed by atoms with E-state index in [-0.39, 0.29) is 21.4 Å². The molecule has 5 nitrogen and oxygen atoms in total. The Balaban J connectivity index is 2.50. The Morgan fingerprint density at radius 1 is 1.10 bits per heavy atom. The van der Waals surface area contributed by atoms with E-state index in [1.54, 1.807) is 12.1 Å². The van der Waals surface area contributed by atoms with Gasteiger partial charge in [0.05, 0.1) is 21.2 Å². The standard InChI is InChI=1S/C14H13BrN2O3S/c1-9(18)17-14-8-12(6-7-13(14)16)21(19,20)11-4-2-10(15)3-5-11/h2-8H,16H2,1H3,(H,17,18). The topological polar surface area (TPSA) is 89.3 Å². The van der Waals surface area contributed by atoms with Crippen LogP contribution in [0.5, 0.6) is 0 Å². The summed E-state index contributed by atoms with van der Waals surface area (Å²) in [5.74, 6) is -0.320. The van der Waals surface area contributed by atoms with E-state index in [9.17, 15) is 13.2 Å². The number of rotatable bonds is 3. The predicted octanol–water partition coefficient (Wildman–Crippen LogP) is 2.82. The lowest BCUT2D eigenvalue weighted by molar-refractivity contribution is -0.114. The van der Waals surface area contributed by atoms with Crippen LogP contribution < -0.4 is 11.1 Å². The zero-order chi connectivity index (χ0) is 15.6. The molecule has 3 N–H and O–H groups in total. The molecule has 0 bridgehead atoms. The molecule has 0 aliphatic rings. The Hall–Kier alpha value is -1.86. The zero-order valence-corrected chi connectivity index (χ0v) is 13.5. The van der Waals surface area contributed by atoms with Crippen molar-refractivity contribution < 1.29 is 13.2 Å². The monoisotopic (exact) mass is 368 g/mol. The van der Waals surface area contributed by atoms with E-state index in [0.29, 0.717) is 5.69 Å². The summed E-state index contributed by atoms with van der Waals surface area (Å²) in [5.41, 5.74) is 6.31. The average molecular weight is 369 g/mol. The second-order valence-corrected chi connectivity index (χ2v) is 7.25. The van der Waals surface area contributed by atoms with Gasteiger partial charge in [0, 0.05) is 11.4 Å². The van der Waals surface area contributed by atoms with Crippen molar-refractivity contribution in [2.24, 2.45) is 0 Å². The third-order valence-corrected chi connectivity index (χ3v) is 5.07. The van der Waals surface area contributed by atoms with E-state index in [1.807, 2.05) is 0 Å². The summed E-state index contributed by atoms with van der Waals surface area (Å²) < 4.78 is 25.8. The van der Waals surface area contributed by atoms with Gasteiger partial charge in [0.2, 0.25) is 15.7 Å². The lowest BCUT2D eigenvalue weighted by Crippen LogP contribution is -2.10. The van der Waals surface area contributed by atoms with Crippen LogP contribution in [0, 0.1) is 0 Å². The molecule has 2 aromatic rings. The van der Waals surface area contributed by atoms with Crippen LogP contribution in [0.2, 0.25) is 0 Å². The summed E-state index contributed by atoms with van der Waals surface area (Å²) >= 11 is 3.26. The smallest absolute Gasteiger partial charge is 0.221 e. The van der Waals surface area contributed by atoms with Gasteiger partial charge in [0.25, 0.3) is 0 Å². The highest BCUT2D eigenvalue weighted by atomic mass is 79.9. The van der Waals surface area contributed by atoms with Crippen LogP contribution in [-0.2, 0) is 14.6 Å². The number of benzene rings is 2. The third-order valence-electron chi connectivity index (χ3n) is 2.77. The van der Waals surface area contributed by atoms with Crippen LogP contribution in [0.25, 0.3) is 0 Å². The van der Waals surface area contributed by atoms with Crippen molar-refractivity contribution in [2.45, 2.75) is 16.7 Å². The number of amides is 1. The van der Waals surface area contributed by atoms with Gasteiger partial charge in [-0.15, -0.1) is 0 Å². The van der Waals surface area contributed by atoms with Gasteiger partial charge in [0.1, 0.15) is 0 Å². The Bertz CT molecular complexity index is 786. The molecule has 0 atom stereocenters. The van der Waals surface area contributed by atoms with Crippen LogP contribution in [0.4, 0.5) is 11.4 Å². The van der Waals surface area contributed by atoms with E-state index in [4.69, 9.17) is 5.73 Å². The zero-order valence-electron chi connectivity index (χ0n) is 11.1. The maximum Gasteiger partial charge on any atom is 0.221 e. The molecule has 2 rings (SSSR count). The van der Waals surface area contributed by atoms with Crippen LogP contribution >= 0.6 is 15.9 Å². The first-order valence-electron chi connectivity index (χ1n) is 5.98. The van der Waals surface area contributed by atoms with Crippen molar-refractivity contribution in [2.75, 3.05) is 11.1 Å². The first kappa shape index (κ1) is 15.5. The molecule has 0 saturated heterocycles. The number of hydrogen-bond donors (Lipinski definition) is 2. The molecule has 21 heavy (non-hydrogen) atoms. The molecule has 0 aromatic heterocycles. The molecule has 2 aromatic carbocycles. The minimum Gasteiger partial charge on any atom is -0.397 e. The summed E-state index contributed by atoms with van der Waals surface area (Å²) in [6.07, 6.45) is 0. The Labute approximate surface area is 131 Å². The van der Waals surface area contributed by atoms with Gasteiger partial charge in [-0.2, -0.15) is 0 Å². The number of sulfone groups is 1. The van der Waals surface area contributed by atoms with Gasteiger partial charge in [0.15, 0.2) is 0 Å². The Morgan fingerprint density at radius 2 is 1.67 bits per heavy atom. The largest absolute Gasteiger partial charge is 0.397 e. The number of carbonyl (C=O) groups excluding carboxylic acids is 1. The molecule has 0 saturated carbocycles. The van der Waals surface area contributed by atoms with Crippen LogP contribution in [0.3, 0.4) is 0 Å². The number of hydrogen-bond acceptors (Lipinski definition) is 4. The average Bonchev–Trinajstić information content (AvgIpc) is 2.41. The van der Waals surface area contributed by atoms with Gasteiger partial charge < -0.3 is 11.1 Å². The summed E-state index contributed by atoms with van der Waals surface area (Å²) in [6.45, 7) is 1.33. The molecule has 0 spiro atoms. The fourth-order valence-electron chi connectivity index (χ4n) is 1.75. The number of anilines is 2. The Kier molecular flexibility index (Phi) is 4.34. The molecule has 1 amide bonds. The van der Waals surface area contributed by atoms with Crippen molar-refractivity contribution in [3.8, 4) is 0 Å². The molecular weight excluding hydrogens is 356 g/mol. The minimum atomic E-state index is -3.66. The summed E-state index contributed by atoms with van der Waals surface area (Å²) in [5, 5.41) is 2.51. The molecule has 0 unspecified atom stereocenters. The molecule has 0 aliphatic carbocycles. The fraction of sp³-hybridized carbons (Fsp3) is 0.0714. The number of carbonyl (C=O) groups is 1. The first-order chi connectivity index (χ1) is 9.80. The van der Waals surface area contributed by atoms with Crippen molar-refractivity contribution in [3.05, 3.63) is 46.9 Å². The third kappa shape index (κ3) is 3.43. The van der Waals surface area contributed by atoms with E-state index in [0.717, 1.165) is 4.47 Å². The SMILES string of the molecule is CC(=O)Nc1cc(S(=O)(=O)c2ccc(Br)cc2)ccc1N. The molecule has 110 valence electrons. The van der Waals surface area contributed by atoms with Gasteiger partial charge in [-0.25, -0.2) is 8.42 Å². The second kappa shape index (κ2) is 5.87. The fourth-order valence-corrected chi connectivity index (χ4v) is 3.30. The number of halogens is 1. The highest BCUT2D eigenvalue weighted by Crippen LogP contribution is 2.27. The Morgan fingerprint density at radius 3 is 2.24 bits per heavy atom. The van der Waals surface area contributed by atoms with Gasteiger partial charge >= 0.3 is 0 Å². The number of nitrogens with one attached hydrogen (secondary N) is 1. The highest BCUT2D eigenvalue weighted by Gasteiger charge is 2.19. The summed E-state index contributed by atoms with van der Waals surface area (Å²) in [6, 6.07) is 10.5. The summed E-state index contributed by atoms with van der Waals surface area (Å²) in [7, 11) is -3.66. The van der Waals surface area contributed by atoms with E-state index >= 15 is 0 Å². The van der Waals surface area contributed by atoms with Gasteiger partial charge in [-0.3, -0.25) is 4.79 Å². The predicted molar refractivity (Wildman–Crippen MR) is 84.8 cm³/mol. The van der Waals surface area contributed by atoms with Crippen LogP contribution in [-0.4, -0.2) is 14.3 Å². The van der Waals surface area contributed by atoms with Crippen molar-refractivity contribution in [3.63, 3.8) is 0 Å². The minimum absolute atomic E-state index is 0.0720. The van der Waals surface area contributed by atoms with Gasteiger partial charge in [-0.05, 0) is 42.5 Å². The van der Waals surface area contributed by atoms with Crippen molar-refractivity contribution in [1.82, 2.24) is 0 Å². The second-order valence-electron chi connectivity index (χ2n) is 4.39.